The van der Waals surface area contributed by atoms with E-state index in [1.807, 2.05) is 57.2 Å². The lowest BCUT2D eigenvalue weighted by molar-refractivity contribution is 0.0127. The third-order valence-corrected chi connectivity index (χ3v) is 5.72. The summed E-state index contributed by atoms with van der Waals surface area (Å²) in [5.74, 6) is 1.17. The minimum atomic E-state index is -0.501. The lowest BCUT2D eigenvalue weighted by Crippen LogP contribution is -2.44. The number of nitrogens with one attached hydrogen (secondary N) is 3. The highest BCUT2D eigenvalue weighted by Gasteiger charge is 2.27. The second-order valence-electron chi connectivity index (χ2n) is 9.66. The van der Waals surface area contributed by atoms with Crippen molar-refractivity contribution in [1.82, 2.24) is 24.8 Å². The Balaban J connectivity index is 1.24. The summed E-state index contributed by atoms with van der Waals surface area (Å²) in [4.78, 5) is 40.0. The van der Waals surface area contributed by atoms with Gasteiger partial charge in [0.1, 0.15) is 17.5 Å². The maximum Gasteiger partial charge on any atom is 0.410 e. The van der Waals surface area contributed by atoms with Crippen LogP contribution in [0.2, 0.25) is 0 Å². The standard InChI is InChI=1S/C25H28N6O4/c1-25(2,3)35-24(33)31-10-8-17(9-11-31)34-18-6-4-15-14-26-22(28-20(15)13-18)27-16-5-7-19-21(12-16)30-23(32)29-19/h4-7,12-14,17H,8-11H2,1-3H3,(H,26,27,28)(H2,29,30,32). The second-order valence-corrected chi connectivity index (χ2v) is 9.66. The highest BCUT2D eigenvalue weighted by molar-refractivity contribution is 5.82. The zero-order chi connectivity index (χ0) is 24.6. The average molecular weight is 477 g/mol. The molecule has 1 aliphatic heterocycles. The summed E-state index contributed by atoms with van der Waals surface area (Å²) in [7, 11) is 0. The maximum atomic E-state index is 12.3. The Kier molecular flexibility index (Phi) is 5.80. The molecule has 2 aromatic heterocycles. The molecule has 0 bridgehead atoms. The predicted octanol–water partition coefficient (Wildman–Crippen LogP) is 4.32. The van der Waals surface area contributed by atoms with Crippen molar-refractivity contribution in [2.75, 3.05) is 18.4 Å². The quantitative estimate of drug-likeness (QED) is 0.400. The van der Waals surface area contributed by atoms with Gasteiger partial charge in [-0.25, -0.2) is 19.6 Å². The molecule has 0 radical (unpaired) electrons. The Morgan fingerprint density at radius 2 is 1.86 bits per heavy atom. The number of aromatic nitrogens is 4. The summed E-state index contributed by atoms with van der Waals surface area (Å²) in [6.45, 7) is 6.80. The van der Waals surface area contributed by atoms with Crippen molar-refractivity contribution in [2.45, 2.75) is 45.3 Å². The fourth-order valence-corrected chi connectivity index (χ4v) is 4.05. The lowest BCUT2D eigenvalue weighted by Gasteiger charge is -2.33. The number of hydrogen-bond donors (Lipinski definition) is 3. The van der Waals surface area contributed by atoms with Crippen LogP contribution in [0.15, 0.2) is 47.4 Å². The molecular weight excluding hydrogens is 448 g/mol. The number of H-pyrrole nitrogens is 2. The third-order valence-electron chi connectivity index (χ3n) is 5.72. The first kappa shape index (κ1) is 22.7. The lowest BCUT2D eigenvalue weighted by atomic mass is 10.1. The summed E-state index contributed by atoms with van der Waals surface area (Å²) >= 11 is 0. The number of rotatable bonds is 4. The van der Waals surface area contributed by atoms with E-state index in [1.54, 1.807) is 11.1 Å². The minimum absolute atomic E-state index is 0.0146. The number of nitrogens with zero attached hydrogens (tertiary/aromatic N) is 3. The van der Waals surface area contributed by atoms with Gasteiger partial charge in [0.25, 0.3) is 0 Å². The van der Waals surface area contributed by atoms with Gasteiger partial charge in [0, 0.05) is 49.3 Å². The topological polar surface area (TPSA) is 125 Å². The Morgan fingerprint density at radius 1 is 1.09 bits per heavy atom. The molecule has 1 amide bonds. The van der Waals surface area contributed by atoms with E-state index < -0.39 is 5.60 Å². The summed E-state index contributed by atoms with van der Waals surface area (Å²) in [6.07, 6.45) is 2.96. The highest BCUT2D eigenvalue weighted by atomic mass is 16.6. The molecule has 1 aliphatic rings. The fraction of sp³-hybridized carbons (Fsp3) is 0.360. The van der Waals surface area contributed by atoms with E-state index in [2.05, 4.69) is 25.3 Å². The number of amides is 1. The fourth-order valence-electron chi connectivity index (χ4n) is 4.05. The van der Waals surface area contributed by atoms with Crippen molar-refractivity contribution in [3.05, 3.63) is 53.1 Å². The molecular formula is C25H28N6O4. The summed E-state index contributed by atoms with van der Waals surface area (Å²) < 4.78 is 11.7. The first-order valence-corrected chi connectivity index (χ1v) is 11.6. The molecule has 10 heteroatoms. The van der Waals surface area contributed by atoms with Crippen molar-refractivity contribution < 1.29 is 14.3 Å². The number of fused-ring (bicyclic) bond motifs is 2. The van der Waals surface area contributed by atoms with E-state index in [-0.39, 0.29) is 17.9 Å². The first-order chi connectivity index (χ1) is 16.7. The smallest absolute Gasteiger partial charge is 0.410 e. The Labute approximate surface area is 201 Å². The molecule has 5 rings (SSSR count). The zero-order valence-electron chi connectivity index (χ0n) is 19.9. The molecule has 182 valence electrons. The third kappa shape index (κ3) is 5.37. The second kappa shape index (κ2) is 8.94. The number of hydrogen-bond acceptors (Lipinski definition) is 7. The molecule has 0 unspecified atom stereocenters. The van der Waals surface area contributed by atoms with Gasteiger partial charge in [-0.3, -0.25) is 0 Å². The number of aromatic amines is 2. The normalized spacial score (nSPS) is 14.9. The van der Waals surface area contributed by atoms with Crippen LogP contribution < -0.4 is 15.7 Å². The molecule has 0 atom stereocenters. The molecule has 35 heavy (non-hydrogen) atoms. The van der Waals surface area contributed by atoms with E-state index in [0.717, 1.165) is 40.7 Å². The van der Waals surface area contributed by atoms with Crippen molar-refractivity contribution >= 4 is 39.7 Å². The van der Waals surface area contributed by atoms with Crippen molar-refractivity contribution in [1.29, 1.82) is 0 Å². The van der Waals surface area contributed by atoms with Crippen LogP contribution in [0.4, 0.5) is 16.4 Å². The number of imidazole rings is 1. The van der Waals surface area contributed by atoms with Crippen LogP contribution in [-0.2, 0) is 4.74 Å². The minimum Gasteiger partial charge on any atom is -0.490 e. The number of piperidine rings is 1. The van der Waals surface area contributed by atoms with Gasteiger partial charge < -0.3 is 29.7 Å². The summed E-state index contributed by atoms with van der Waals surface area (Å²) in [6, 6.07) is 11.2. The number of likely N-dealkylation sites (tertiary alicyclic amines) is 1. The number of benzene rings is 2. The maximum absolute atomic E-state index is 12.3. The van der Waals surface area contributed by atoms with Crippen LogP contribution in [0.3, 0.4) is 0 Å². The van der Waals surface area contributed by atoms with Crippen LogP contribution in [-0.4, -0.2) is 55.7 Å². The summed E-state index contributed by atoms with van der Waals surface area (Å²) in [5.41, 5.74) is 2.20. The van der Waals surface area contributed by atoms with Gasteiger partial charge in [-0.2, -0.15) is 0 Å². The molecule has 3 heterocycles. The number of anilines is 2. The van der Waals surface area contributed by atoms with Gasteiger partial charge in [-0.15, -0.1) is 0 Å². The van der Waals surface area contributed by atoms with E-state index in [9.17, 15) is 9.59 Å². The van der Waals surface area contributed by atoms with Crippen LogP contribution in [0.1, 0.15) is 33.6 Å². The molecule has 4 aromatic rings. The predicted molar refractivity (Wildman–Crippen MR) is 133 cm³/mol. The van der Waals surface area contributed by atoms with Gasteiger partial charge in [0.15, 0.2) is 0 Å². The van der Waals surface area contributed by atoms with Crippen LogP contribution >= 0.6 is 0 Å². The number of carbonyl (C=O) groups is 1. The monoisotopic (exact) mass is 476 g/mol. The molecule has 1 fully saturated rings. The van der Waals surface area contributed by atoms with Crippen LogP contribution in [0, 0.1) is 0 Å². The van der Waals surface area contributed by atoms with E-state index in [0.29, 0.717) is 24.6 Å². The molecule has 1 saturated heterocycles. The number of carbonyl (C=O) groups excluding carboxylic acids is 1. The average Bonchev–Trinajstić information content (AvgIpc) is 3.17. The van der Waals surface area contributed by atoms with E-state index >= 15 is 0 Å². The molecule has 10 nitrogen and oxygen atoms in total. The van der Waals surface area contributed by atoms with Gasteiger partial charge in [0.05, 0.1) is 16.6 Å². The van der Waals surface area contributed by atoms with Gasteiger partial charge >= 0.3 is 11.8 Å². The van der Waals surface area contributed by atoms with Crippen LogP contribution in [0.5, 0.6) is 5.75 Å². The zero-order valence-corrected chi connectivity index (χ0v) is 19.9. The Bertz CT molecular complexity index is 1430. The van der Waals surface area contributed by atoms with Gasteiger partial charge in [-0.1, -0.05) is 0 Å². The van der Waals surface area contributed by atoms with Gasteiger partial charge in [0.2, 0.25) is 5.95 Å². The molecule has 2 aromatic carbocycles. The highest BCUT2D eigenvalue weighted by Crippen LogP contribution is 2.25. The van der Waals surface area contributed by atoms with E-state index in [4.69, 9.17) is 9.47 Å². The van der Waals surface area contributed by atoms with Crippen molar-refractivity contribution in [3.8, 4) is 5.75 Å². The molecule has 0 spiro atoms. The Morgan fingerprint density at radius 3 is 2.63 bits per heavy atom. The molecule has 3 N–H and O–H groups in total. The first-order valence-electron chi connectivity index (χ1n) is 11.6. The van der Waals surface area contributed by atoms with Crippen molar-refractivity contribution in [3.63, 3.8) is 0 Å². The Hall–Kier alpha value is -4.08. The van der Waals surface area contributed by atoms with Gasteiger partial charge in [-0.05, 0) is 51.1 Å². The number of ether oxygens (including phenoxy) is 2. The largest absolute Gasteiger partial charge is 0.490 e. The summed E-state index contributed by atoms with van der Waals surface area (Å²) in [5, 5.41) is 4.08. The SMILES string of the molecule is CC(C)(C)OC(=O)N1CCC(Oc2ccc3cnc(Nc4ccc5[nH]c(=O)[nH]c5c4)nc3c2)CC1. The van der Waals surface area contributed by atoms with Crippen LogP contribution in [0.25, 0.3) is 21.9 Å². The molecule has 0 aliphatic carbocycles. The van der Waals surface area contributed by atoms with E-state index in [1.165, 1.54) is 0 Å². The van der Waals surface area contributed by atoms with Crippen molar-refractivity contribution in [2.24, 2.45) is 0 Å². The molecule has 0 saturated carbocycles.